The minimum atomic E-state index is -1.28. The van der Waals surface area contributed by atoms with E-state index in [9.17, 15) is 9.59 Å². The first kappa shape index (κ1) is 16.1. The lowest BCUT2D eigenvalue weighted by Crippen LogP contribution is -2.62. The summed E-state index contributed by atoms with van der Waals surface area (Å²) >= 11 is 0. The first-order chi connectivity index (χ1) is 12.7. The van der Waals surface area contributed by atoms with Gasteiger partial charge in [0.1, 0.15) is 0 Å². The van der Waals surface area contributed by atoms with Gasteiger partial charge < -0.3 is 10.6 Å². The summed E-state index contributed by atoms with van der Waals surface area (Å²) in [6.45, 7) is 8.15. The maximum absolute atomic E-state index is 13.8. The van der Waals surface area contributed by atoms with Crippen molar-refractivity contribution < 1.29 is 9.59 Å². The van der Waals surface area contributed by atoms with Crippen molar-refractivity contribution in [1.82, 2.24) is 5.32 Å². The van der Waals surface area contributed by atoms with Crippen LogP contribution in [-0.2, 0) is 10.5 Å². The molecule has 0 saturated heterocycles. The number of carbonyl (C=O) groups is 2. The standard InChI is InChI=1S/C22H21N3O2/c1-12-9-15-13(2)11-21(3,4)25-18(15)16(10-12)22(20(25)27)23-17-8-6-5-7-14(17)19(26)24-22/h5-11,23H,1-4H3,(H,24,26). The number of fused-ring (bicyclic) bond motifs is 2. The van der Waals surface area contributed by atoms with Crippen LogP contribution in [0.25, 0.3) is 5.57 Å². The average molecular weight is 359 g/mol. The highest BCUT2D eigenvalue weighted by Gasteiger charge is 2.59. The maximum atomic E-state index is 13.8. The Balaban J connectivity index is 1.82. The molecule has 2 N–H and O–H groups in total. The van der Waals surface area contributed by atoms with Crippen LogP contribution in [0.4, 0.5) is 11.4 Å². The molecule has 5 heteroatoms. The lowest BCUT2D eigenvalue weighted by molar-refractivity contribution is -0.123. The van der Waals surface area contributed by atoms with Crippen molar-refractivity contribution in [2.24, 2.45) is 0 Å². The number of hydrogen-bond donors (Lipinski definition) is 2. The van der Waals surface area contributed by atoms with Gasteiger partial charge in [-0.1, -0.05) is 18.2 Å². The zero-order chi connectivity index (χ0) is 19.1. The first-order valence-corrected chi connectivity index (χ1v) is 9.14. The predicted octanol–water partition coefficient (Wildman–Crippen LogP) is 3.55. The molecule has 3 aliphatic heterocycles. The van der Waals surface area contributed by atoms with Crippen LogP contribution in [0, 0.1) is 6.92 Å². The Morgan fingerprint density at radius 1 is 0.963 bits per heavy atom. The van der Waals surface area contributed by atoms with Crippen LogP contribution in [0.15, 0.2) is 42.5 Å². The molecule has 3 heterocycles. The van der Waals surface area contributed by atoms with Gasteiger partial charge in [-0.2, -0.15) is 0 Å². The normalized spacial score (nSPS) is 24.1. The fraction of sp³-hybridized carbons (Fsp3) is 0.273. The number of aryl methyl sites for hydroxylation is 1. The van der Waals surface area contributed by atoms with Gasteiger partial charge in [0.25, 0.3) is 11.8 Å². The third kappa shape index (κ3) is 1.89. The van der Waals surface area contributed by atoms with Gasteiger partial charge in [0.2, 0.25) is 5.66 Å². The highest BCUT2D eigenvalue weighted by molar-refractivity contribution is 6.18. The average Bonchev–Trinajstić information content (AvgIpc) is 2.82. The molecule has 0 aliphatic carbocycles. The van der Waals surface area contributed by atoms with E-state index in [1.165, 1.54) is 0 Å². The number of nitrogens with zero attached hydrogens (tertiary/aromatic N) is 1. The molecule has 136 valence electrons. The van der Waals surface area contributed by atoms with E-state index < -0.39 is 11.2 Å². The quantitative estimate of drug-likeness (QED) is 0.756. The fourth-order valence-corrected chi connectivity index (χ4v) is 4.72. The number of carbonyl (C=O) groups excluding carboxylic acids is 2. The molecule has 1 spiro atoms. The Labute approximate surface area is 158 Å². The molecule has 0 bridgehead atoms. The molecular weight excluding hydrogens is 338 g/mol. The Morgan fingerprint density at radius 3 is 2.48 bits per heavy atom. The second kappa shape index (κ2) is 4.80. The van der Waals surface area contributed by atoms with Crippen molar-refractivity contribution in [2.75, 3.05) is 10.2 Å². The van der Waals surface area contributed by atoms with Crippen molar-refractivity contribution in [2.45, 2.75) is 38.9 Å². The highest BCUT2D eigenvalue weighted by Crippen LogP contribution is 2.52. The van der Waals surface area contributed by atoms with Gasteiger partial charge in [-0.15, -0.1) is 0 Å². The molecule has 0 aromatic heterocycles. The molecule has 5 rings (SSSR count). The number of amides is 2. The van der Waals surface area contributed by atoms with Gasteiger partial charge >= 0.3 is 0 Å². The molecule has 0 saturated carbocycles. The van der Waals surface area contributed by atoms with Crippen molar-refractivity contribution >= 4 is 28.8 Å². The molecule has 3 aliphatic rings. The van der Waals surface area contributed by atoms with Gasteiger partial charge in [-0.3, -0.25) is 14.5 Å². The summed E-state index contributed by atoms with van der Waals surface area (Å²) in [6.07, 6.45) is 2.12. The third-order valence-corrected chi connectivity index (χ3v) is 5.77. The van der Waals surface area contributed by atoms with E-state index in [1.54, 1.807) is 6.07 Å². The number of anilines is 2. The summed E-state index contributed by atoms with van der Waals surface area (Å²) in [5.41, 5.74) is 4.41. The van der Waals surface area contributed by atoms with Crippen LogP contribution < -0.4 is 15.5 Å². The Bertz CT molecular complexity index is 1080. The maximum Gasteiger partial charge on any atom is 0.279 e. The van der Waals surface area contributed by atoms with E-state index in [4.69, 9.17) is 0 Å². The van der Waals surface area contributed by atoms with Gasteiger partial charge in [0.15, 0.2) is 0 Å². The smallest absolute Gasteiger partial charge is 0.279 e. The molecule has 5 nitrogen and oxygen atoms in total. The number of rotatable bonds is 0. The van der Waals surface area contributed by atoms with E-state index in [-0.39, 0.29) is 11.8 Å². The van der Waals surface area contributed by atoms with Crippen LogP contribution in [0.5, 0.6) is 0 Å². The molecule has 27 heavy (non-hydrogen) atoms. The van der Waals surface area contributed by atoms with Gasteiger partial charge in [0.05, 0.1) is 16.8 Å². The number of allylic oxidation sites excluding steroid dienone is 1. The molecule has 0 radical (unpaired) electrons. The molecule has 2 aromatic rings. The molecule has 1 atom stereocenters. The van der Waals surface area contributed by atoms with E-state index in [2.05, 4.69) is 29.7 Å². The van der Waals surface area contributed by atoms with Crippen LogP contribution in [0.1, 0.15) is 47.8 Å². The first-order valence-electron chi connectivity index (χ1n) is 9.14. The monoisotopic (exact) mass is 359 g/mol. The summed E-state index contributed by atoms with van der Waals surface area (Å²) in [7, 11) is 0. The second-order valence-corrected chi connectivity index (χ2v) is 8.20. The van der Waals surface area contributed by atoms with Crippen LogP contribution in [0.3, 0.4) is 0 Å². The topological polar surface area (TPSA) is 61.4 Å². The Morgan fingerprint density at radius 2 is 1.70 bits per heavy atom. The van der Waals surface area contributed by atoms with Crippen LogP contribution >= 0.6 is 0 Å². The van der Waals surface area contributed by atoms with Gasteiger partial charge in [-0.25, -0.2) is 0 Å². The summed E-state index contributed by atoms with van der Waals surface area (Å²) in [5, 5.41) is 6.35. The molecule has 1 unspecified atom stereocenters. The Hall–Kier alpha value is -3.08. The molecule has 2 amide bonds. The van der Waals surface area contributed by atoms with Crippen molar-refractivity contribution in [3.05, 3.63) is 64.7 Å². The minimum absolute atomic E-state index is 0.152. The lowest BCUT2D eigenvalue weighted by atomic mass is 9.87. The SMILES string of the molecule is CC1=CC(C)(C)N2C(=O)C3(NC(=O)c4ccccc4N3)c3cc(C)cc1c32. The van der Waals surface area contributed by atoms with Crippen LogP contribution in [0.2, 0.25) is 0 Å². The van der Waals surface area contributed by atoms with Crippen molar-refractivity contribution in [1.29, 1.82) is 0 Å². The van der Waals surface area contributed by atoms with E-state index in [0.717, 1.165) is 28.0 Å². The minimum Gasteiger partial charge on any atom is -0.350 e. The molecule has 2 aromatic carbocycles. The number of hydrogen-bond acceptors (Lipinski definition) is 3. The fourth-order valence-electron chi connectivity index (χ4n) is 4.72. The van der Waals surface area contributed by atoms with Gasteiger partial charge in [-0.05, 0) is 63.1 Å². The molecule has 0 fully saturated rings. The highest BCUT2D eigenvalue weighted by atomic mass is 16.2. The predicted molar refractivity (Wildman–Crippen MR) is 106 cm³/mol. The van der Waals surface area contributed by atoms with Crippen molar-refractivity contribution in [3.63, 3.8) is 0 Å². The van der Waals surface area contributed by atoms with Crippen molar-refractivity contribution in [3.8, 4) is 0 Å². The number of para-hydroxylation sites is 1. The number of benzene rings is 2. The molecular formula is C22H21N3O2. The largest absolute Gasteiger partial charge is 0.350 e. The zero-order valence-corrected chi connectivity index (χ0v) is 15.8. The summed E-state index contributed by atoms with van der Waals surface area (Å²) < 4.78 is 0. The number of nitrogens with one attached hydrogen (secondary N) is 2. The lowest BCUT2D eigenvalue weighted by Gasteiger charge is -2.40. The van der Waals surface area contributed by atoms with E-state index >= 15 is 0 Å². The Kier molecular flexibility index (Phi) is 2.86. The summed E-state index contributed by atoms with van der Waals surface area (Å²) in [4.78, 5) is 28.5. The third-order valence-electron chi connectivity index (χ3n) is 5.77. The van der Waals surface area contributed by atoms with Crippen LogP contribution in [-0.4, -0.2) is 17.4 Å². The van der Waals surface area contributed by atoms with E-state index in [0.29, 0.717) is 11.3 Å². The summed E-state index contributed by atoms with van der Waals surface area (Å²) in [6, 6.07) is 11.4. The summed E-state index contributed by atoms with van der Waals surface area (Å²) in [5.74, 6) is -0.392. The second-order valence-electron chi connectivity index (χ2n) is 8.20. The zero-order valence-electron chi connectivity index (χ0n) is 15.8. The van der Waals surface area contributed by atoms with Gasteiger partial charge in [0, 0.05) is 16.8 Å². The van der Waals surface area contributed by atoms with E-state index in [1.807, 2.05) is 49.9 Å².